The second kappa shape index (κ2) is 11.4. The summed E-state index contributed by atoms with van der Waals surface area (Å²) < 4.78 is 10.6. The molecule has 3 aromatic rings. The van der Waals surface area contributed by atoms with Gasteiger partial charge in [-0.1, -0.05) is 23.7 Å². The van der Waals surface area contributed by atoms with Crippen molar-refractivity contribution in [2.24, 2.45) is 5.10 Å². The maximum atomic E-state index is 12.2. The average Bonchev–Trinajstić information content (AvgIpc) is 2.81. The number of amides is 2. The minimum absolute atomic E-state index is 0.260. The highest BCUT2D eigenvalue weighted by Gasteiger charge is 2.13. The Balaban J connectivity index is 1.49. The molecule has 0 fully saturated rings. The van der Waals surface area contributed by atoms with Crippen molar-refractivity contribution in [3.63, 3.8) is 0 Å². The maximum Gasteiger partial charge on any atom is 0.345 e. The van der Waals surface area contributed by atoms with Crippen LogP contribution in [-0.4, -0.2) is 30.6 Å². The molecule has 0 saturated carbocycles. The number of hydrogen-bond donors (Lipinski definition) is 2. The molecule has 0 aliphatic rings. The number of hydrogen-bond acceptors (Lipinski definition) is 6. The fraction of sp³-hybridized carbons (Fsp3) is 0.0833. The Morgan fingerprint density at radius 1 is 0.909 bits per heavy atom. The zero-order valence-electron chi connectivity index (χ0n) is 17.6. The van der Waals surface area contributed by atoms with Crippen molar-refractivity contribution in [1.82, 2.24) is 5.43 Å². The van der Waals surface area contributed by atoms with Crippen LogP contribution in [0.1, 0.15) is 22.8 Å². The number of carbonyl (C=O) groups excluding carboxylic acids is 3. The molecule has 0 radical (unpaired) electrons. The molecule has 0 heterocycles. The zero-order valence-corrected chi connectivity index (χ0v) is 18.3. The Labute approximate surface area is 195 Å². The molecule has 9 heteroatoms. The van der Waals surface area contributed by atoms with Crippen LogP contribution in [0.15, 0.2) is 77.9 Å². The van der Waals surface area contributed by atoms with E-state index in [-0.39, 0.29) is 5.56 Å². The number of ether oxygens (including phenoxy) is 2. The van der Waals surface area contributed by atoms with Gasteiger partial charge in [0, 0.05) is 5.69 Å². The van der Waals surface area contributed by atoms with Gasteiger partial charge < -0.3 is 14.8 Å². The first-order chi connectivity index (χ1) is 16.0. The van der Waals surface area contributed by atoms with E-state index in [0.717, 1.165) is 0 Å². The largest absolute Gasteiger partial charge is 0.494 e. The Morgan fingerprint density at radius 3 is 2.24 bits per heavy atom. The SMILES string of the molecule is CCOc1ccc(NC(=O)C(=O)NN=Cc2ccc(OC(=O)c3ccccc3Cl)cc2)cc1. The molecule has 2 N–H and O–H groups in total. The third-order valence-corrected chi connectivity index (χ3v) is 4.52. The maximum absolute atomic E-state index is 12.2. The zero-order chi connectivity index (χ0) is 23.6. The van der Waals surface area contributed by atoms with E-state index in [1.165, 1.54) is 6.21 Å². The van der Waals surface area contributed by atoms with E-state index >= 15 is 0 Å². The molecule has 3 aromatic carbocycles. The van der Waals surface area contributed by atoms with Crippen LogP contribution < -0.4 is 20.2 Å². The standard InChI is InChI=1S/C24H20ClN3O5/c1-2-32-18-13-9-17(10-14-18)27-22(29)23(30)28-26-15-16-7-11-19(12-8-16)33-24(31)20-5-3-4-6-21(20)25/h3-15H,2H2,1H3,(H,27,29)(H,28,30). The Kier molecular flexibility index (Phi) is 8.15. The van der Waals surface area contributed by atoms with Gasteiger partial charge in [0.25, 0.3) is 0 Å². The van der Waals surface area contributed by atoms with Crippen LogP contribution in [0.3, 0.4) is 0 Å². The molecule has 3 rings (SSSR count). The van der Waals surface area contributed by atoms with Gasteiger partial charge in [-0.05, 0) is 73.2 Å². The Hall–Kier alpha value is -4.17. The molecule has 0 unspecified atom stereocenters. The van der Waals surface area contributed by atoms with Gasteiger partial charge in [0.05, 0.1) is 23.4 Å². The summed E-state index contributed by atoms with van der Waals surface area (Å²) in [4.78, 5) is 36.1. The predicted octanol–water partition coefficient (Wildman–Crippen LogP) is 4.05. The van der Waals surface area contributed by atoms with E-state index in [2.05, 4.69) is 15.8 Å². The van der Waals surface area contributed by atoms with Crippen LogP contribution in [0, 0.1) is 0 Å². The van der Waals surface area contributed by atoms with Crippen LogP contribution >= 0.6 is 11.6 Å². The minimum Gasteiger partial charge on any atom is -0.494 e. The first-order valence-electron chi connectivity index (χ1n) is 9.90. The summed E-state index contributed by atoms with van der Waals surface area (Å²) in [5.74, 6) is -1.39. The smallest absolute Gasteiger partial charge is 0.345 e. The van der Waals surface area contributed by atoms with Gasteiger partial charge >= 0.3 is 17.8 Å². The molecule has 33 heavy (non-hydrogen) atoms. The summed E-state index contributed by atoms with van der Waals surface area (Å²) in [5.41, 5.74) is 3.47. The molecule has 0 spiro atoms. The van der Waals surface area contributed by atoms with Crippen molar-refractivity contribution in [2.45, 2.75) is 6.92 Å². The van der Waals surface area contributed by atoms with Crippen molar-refractivity contribution >= 4 is 41.3 Å². The van der Waals surface area contributed by atoms with Crippen LogP contribution in [0.4, 0.5) is 5.69 Å². The second-order valence-electron chi connectivity index (χ2n) is 6.55. The van der Waals surface area contributed by atoms with E-state index in [0.29, 0.717) is 34.4 Å². The first kappa shape index (κ1) is 23.5. The highest BCUT2D eigenvalue weighted by atomic mass is 35.5. The van der Waals surface area contributed by atoms with E-state index in [1.54, 1.807) is 72.8 Å². The van der Waals surface area contributed by atoms with E-state index in [9.17, 15) is 14.4 Å². The molecule has 0 saturated heterocycles. The van der Waals surface area contributed by atoms with Crippen molar-refractivity contribution in [2.75, 3.05) is 11.9 Å². The Morgan fingerprint density at radius 2 is 1.58 bits per heavy atom. The summed E-state index contributed by atoms with van der Waals surface area (Å²) in [5, 5.41) is 6.53. The lowest BCUT2D eigenvalue weighted by Gasteiger charge is -2.06. The molecular weight excluding hydrogens is 446 g/mol. The molecule has 0 aliphatic heterocycles. The number of benzene rings is 3. The molecule has 0 bridgehead atoms. The van der Waals surface area contributed by atoms with Gasteiger partial charge in [0.1, 0.15) is 11.5 Å². The quantitative estimate of drug-likeness (QED) is 0.180. The van der Waals surface area contributed by atoms with Crippen molar-refractivity contribution < 1.29 is 23.9 Å². The normalized spacial score (nSPS) is 10.5. The molecule has 168 valence electrons. The number of esters is 1. The van der Waals surface area contributed by atoms with Crippen LogP contribution in [0.5, 0.6) is 11.5 Å². The lowest BCUT2D eigenvalue weighted by molar-refractivity contribution is -0.136. The number of hydrazone groups is 1. The van der Waals surface area contributed by atoms with Gasteiger partial charge in [-0.3, -0.25) is 9.59 Å². The number of anilines is 1. The lowest BCUT2D eigenvalue weighted by Crippen LogP contribution is -2.32. The highest BCUT2D eigenvalue weighted by molar-refractivity contribution is 6.39. The predicted molar refractivity (Wildman–Crippen MR) is 125 cm³/mol. The summed E-state index contributed by atoms with van der Waals surface area (Å²) in [6.45, 7) is 2.40. The number of nitrogens with zero attached hydrogens (tertiary/aromatic N) is 1. The molecule has 0 aliphatic carbocycles. The van der Waals surface area contributed by atoms with E-state index in [4.69, 9.17) is 21.1 Å². The highest BCUT2D eigenvalue weighted by Crippen LogP contribution is 2.19. The number of nitrogens with one attached hydrogen (secondary N) is 2. The van der Waals surface area contributed by atoms with Gasteiger partial charge in [-0.25, -0.2) is 10.2 Å². The Bertz CT molecular complexity index is 1160. The van der Waals surface area contributed by atoms with Crippen molar-refractivity contribution in [3.05, 3.63) is 88.9 Å². The van der Waals surface area contributed by atoms with E-state index < -0.39 is 17.8 Å². The molecule has 8 nitrogen and oxygen atoms in total. The number of rotatable bonds is 7. The topological polar surface area (TPSA) is 106 Å². The average molecular weight is 466 g/mol. The van der Waals surface area contributed by atoms with Crippen LogP contribution in [0.2, 0.25) is 5.02 Å². The third kappa shape index (κ3) is 6.91. The second-order valence-corrected chi connectivity index (χ2v) is 6.96. The fourth-order valence-electron chi connectivity index (χ4n) is 2.62. The van der Waals surface area contributed by atoms with E-state index in [1.807, 2.05) is 6.92 Å². The number of halogens is 1. The third-order valence-electron chi connectivity index (χ3n) is 4.19. The summed E-state index contributed by atoms with van der Waals surface area (Å²) in [6, 6.07) is 19.6. The van der Waals surface area contributed by atoms with Crippen LogP contribution in [-0.2, 0) is 9.59 Å². The summed E-state index contributed by atoms with van der Waals surface area (Å²) >= 11 is 5.99. The molecule has 0 aromatic heterocycles. The van der Waals surface area contributed by atoms with Crippen LogP contribution in [0.25, 0.3) is 0 Å². The molecular formula is C24H20ClN3O5. The van der Waals surface area contributed by atoms with Crippen molar-refractivity contribution in [3.8, 4) is 11.5 Å². The van der Waals surface area contributed by atoms with Crippen molar-refractivity contribution in [1.29, 1.82) is 0 Å². The lowest BCUT2D eigenvalue weighted by atomic mass is 10.2. The van der Waals surface area contributed by atoms with Gasteiger partial charge in [-0.15, -0.1) is 0 Å². The number of carbonyl (C=O) groups is 3. The fourth-order valence-corrected chi connectivity index (χ4v) is 2.83. The molecule has 0 atom stereocenters. The van der Waals surface area contributed by atoms with Gasteiger partial charge in [0.2, 0.25) is 0 Å². The minimum atomic E-state index is -0.926. The summed E-state index contributed by atoms with van der Waals surface area (Å²) in [6.07, 6.45) is 1.35. The first-order valence-corrected chi connectivity index (χ1v) is 10.3. The molecule has 2 amide bonds. The summed E-state index contributed by atoms with van der Waals surface area (Å²) in [7, 11) is 0. The monoisotopic (exact) mass is 465 g/mol. The van der Waals surface area contributed by atoms with Gasteiger partial charge in [-0.2, -0.15) is 5.10 Å². The van der Waals surface area contributed by atoms with Gasteiger partial charge in [0.15, 0.2) is 0 Å².